The van der Waals surface area contributed by atoms with Crippen LogP contribution in [0, 0.1) is 11.8 Å². The summed E-state index contributed by atoms with van der Waals surface area (Å²) in [7, 11) is 2.50. The highest BCUT2D eigenvalue weighted by atomic mass is 32.1. The van der Waals surface area contributed by atoms with E-state index in [-0.39, 0.29) is 35.6 Å². The number of carbonyl (C=O) groups excluding carboxylic acids is 5. The van der Waals surface area contributed by atoms with Crippen LogP contribution in [0.15, 0.2) is 18.6 Å². The van der Waals surface area contributed by atoms with Crippen molar-refractivity contribution in [2.75, 3.05) is 32.6 Å². The number of nitrogens with one attached hydrogen (secondary N) is 4. The maximum atomic E-state index is 13.5. The van der Waals surface area contributed by atoms with Crippen LogP contribution in [-0.4, -0.2) is 104 Å². The molecule has 260 valence electrons. The fraction of sp³-hybridized carbons (Fsp3) is 0.581. The number of fused-ring (bicyclic) bond motifs is 1. The fourth-order valence-corrected chi connectivity index (χ4v) is 7.13. The Morgan fingerprint density at radius 3 is 2.10 bits per heavy atom. The van der Waals surface area contributed by atoms with Gasteiger partial charge in [-0.05, 0) is 37.5 Å². The van der Waals surface area contributed by atoms with Gasteiger partial charge in [-0.25, -0.2) is 19.6 Å². The van der Waals surface area contributed by atoms with Crippen LogP contribution in [0.4, 0.5) is 15.4 Å². The van der Waals surface area contributed by atoms with E-state index in [1.165, 1.54) is 30.5 Å². The van der Waals surface area contributed by atoms with Crippen LogP contribution in [-0.2, 0) is 23.9 Å². The molecule has 4 atom stereocenters. The molecule has 2 aliphatic heterocycles. The first-order valence-corrected chi connectivity index (χ1v) is 16.9. The summed E-state index contributed by atoms with van der Waals surface area (Å²) in [5.74, 6) is -0.165. The molecule has 16 nitrogen and oxygen atoms in total. The molecule has 2 saturated heterocycles. The summed E-state index contributed by atoms with van der Waals surface area (Å²) in [6.45, 7) is 8.35. The topological polar surface area (TPSA) is 192 Å². The van der Waals surface area contributed by atoms with Crippen LogP contribution in [0.25, 0.3) is 15.5 Å². The highest BCUT2D eigenvalue weighted by Crippen LogP contribution is 2.34. The van der Waals surface area contributed by atoms with Gasteiger partial charge in [0.25, 0.3) is 0 Å². The number of rotatable bonds is 10. The molecule has 0 aliphatic carbocycles. The van der Waals surface area contributed by atoms with Gasteiger partial charge < -0.3 is 40.2 Å². The lowest BCUT2D eigenvalue weighted by atomic mass is 10.0. The van der Waals surface area contributed by atoms with Crippen molar-refractivity contribution in [3.8, 4) is 10.6 Å². The number of carbonyl (C=O) groups is 5. The normalized spacial score (nSPS) is 19.1. The first-order valence-electron chi connectivity index (χ1n) is 16.1. The molecule has 2 aliphatic rings. The predicted molar refractivity (Wildman–Crippen MR) is 176 cm³/mol. The van der Waals surface area contributed by atoms with Crippen molar-refractivity contribution < 1.29 is 33.4 Å². The number of methoxy groups -OCH3 is 2. The van der Waals surface area contributed by atoms with Crippen molar-refractivity contribution in [2.24, 2.45) is 11.8 Å². The van der Waals surface area contributed by atoms with E-state index in [9.17, 15) is 24.0 Å². The molecule has 0 aromatic carbocycles. The van der Waals surface area contributed by atoms with Crippen LogP contribution in [0.2, 0.25) is 0 Å². The van der Waals surface area contributed by atoms with E-state index in [1.807, 2.05) is 33.9 Å². The van der Waals surface area contributed by atoms with Crippen LogP contribution >= 0.6 is 11.3 Å². The summed E-state index contributed by atoms with van der Waals surface area (Å²) in [5.41, 5.74) is 0.763. The summed E-state index contributed by atoms with van der Waals surface area (Å²) in [5, 5.41) is 8.10. The molecular weight excluding hydrogens is 642 g/mol. The SMILES string of the molecule is COC(=O)N[C@H](C(=O)N1CCC[C@H]1C(=O)Nc1cn2cc(-c3cnc([C@@H]4CCCN4C(=O)[C@@H](NC(=O)OC)C(C)C)[nH]3)sc2n1)C(C)C. The standard InChI is InChI=1S/C31H43N9O7S/c1-16(2)23(36-30(44)46-5)27(42)39-11-7-9-19(39)25-32-13-18(33-25)21-14-38-15-22(35-29(38)48-21)34-26(41)20-10-8-12-40(20)28(43)24(17(3)4)37-31(45)47-6/h13-17,19-20,23-24H,7-12H2,1-6H3,(H,32,33)(H,34,41)(H,36,44)(H,37,45)/t19-,20-,23-,24-/m0/s1. The number of nitrogens with zero attached hydrogens (tertiary/aromatic N) is 5. The Morgan fingerprint density at radius 1 is 0.896 bits per heavy atom. The molecule has 48 heavy (non-hydrogen) atoms. The summed E-state index contributed by atoms with van der Waals surface area (Å²) >= 11 is 1.40. The van der Waals surface area contributed by atoms with Crippen LogP contribution in [0.5, 0.6) is 0 Å². The molecule has 4 N–H and O–H groups in total. The van der Waals surface area contributed by atoms with Crippen molar-refractivity contribution in [1.82, 2.24) is 39.8 Å². The molecule has 17 heteroatoms. The number of aromatic nitrogens is 4. The quantitative estimate of drug-likeness (QED) is 0.248. The van der Waals surface area contributed by atoms with E-state index in [1.54, 1.807) is 21.7 Å². The lowest BCUT2D eigenvalue weighted by Crippen LogP contribution is -2.54. The van der Waals surface area contributed by atoms with Gasteiger partial charge in [0.05, 0.1) is 43.2 Å². The minimum Gasteiger partial charge on any atom is -0.453 e. The van der Waals surface area contributed by atoms with Crippen molar-refractivity contribution in [3.05, 3.63) is 24.4 Å². The molecule has 5 amide bonds. The Balaban J connectivity index is 1.25. The van der Waals surface area contributed by atoms with Crippen molar-refractivity contribution >= 4 is 52.0 Å². The Bertz CT molecular complexity index is 1630. The number of amides is 5. The average molecular weight is 686 g/mol. The highest BCUT2D eigenvalue weighted by molar-refractivity contribution is 7.20. The maximum absolute atomic E-state index is 13.5. The molecule has 0 bridgehead atoms. The number of ether oxygens (including phenoxy) is 2. The second kappa shape index (κ2) is 14.6. The van der Waals surface area contributed by atoms with E-state index in [4.69, 9.17) is 4.74 Å². The van der Waals surface area contributed by atoms with E-state index >= 15 is 0 Å². The van der Waals surface area contributed by atoms with Crippen molar-refractivity contribution in [3.63, 3.8) is 0 Å². The zero-order chi connectivity index (χ0) is 34.7. The minimum atomic E-state index is -0.817. The number of hydrogen-bond acceptors (Lipinski definition) is 10. The first kappa shape index (κ1) is 34.7. The van der Waals surface area contributed by atoms with E-state index in [0.717, 1.165) is 23.4 Å². The number of aromatic amines is 1. The van der Waals surface area contributed by atoms with Crippen LogP contribution in [0.3, 0.4) is 0 Å². The van der Waals surface area contributed by atoms with Gasteiger partial charge in [-0.15, -0.1) is 0 Å². The lowest BCUT2D eigenvalue weighted by Gasteiger charge is -2.30. The molecule has 3 aromatic heterocycles. The van der Waals surface area contributed by atoms with E-state index < -0.39 is 30.3 Å². The van der Waals surface area contributed by atoms with Gasteiger partial charge in [-0.1, -0.05) is 39.0 Å². The van der Waals surface area contributed by atoms with Gasteiger partial charge in [0, 0.05) is 19.3 Å². The molecule has 5 rings (SSSR count). The Morgan fingerprint density at radius 2 is 1.50 bits per heavy atom. The smallest absolute Gasteiger partial charge is 0.407 e. The molecule has 3 aromatic rings. The molecule has 0 saturated carbocycles. The van der Waals surface area contributed by atoms with Gasteiger partial charge in [0.1, 0.15) is 23.9 Å². The zero-order valence-electron chi connectivity index (χ0n) is 27.9. The number of anilines is 1. The lowest BCUT2D eigenvalue weighted by molar-refractivity contribution is -0.139. The Labute approximate surface area is 281 Å². The number of thiazole rings is 1. The number of H-pyrrole nitrogens is 1. The van der Waals surface area contributed by atoms with Gasteiger partial charge in [0.2, 0.25) is 17.7 Å². The fourth-order valence-electron chi connectivity index (χ4n) is 6.20. The molecule has 0 spiro atoms. The zero-order valence-corrected chi connectivity index (χ0v) is 28.8. The van der Waals surface area contributed by atoms with E-state index in [2.05, 4.69) is 35.6 Å². The maximum Gasteiger partial charge on any atom is 0.407 e. The average Bonchev–Trinajstić information content (AvgIpc) is 3.88. The van der Waals surface area contributed by atoms with Gasteiger partial charge in [-0.2, -0.15) is 0 Å². The third-order valence-corrected chi connectivity index (χ3v) is 9.77. The largest absolute Gasteiger partial charge is 0.453 e. The van der Waals surface area contributed by atoms with Gasteiger partial charge in [0.15, 0.2) is 10.8 Å². The van der Waals surface area contributed by atoms with Crippen LogP contribution < -0.4 is 16.0 Å². The minimum absolute atomic E-state index is 0.130. The number of imidazole rings is 2. The Hall–Kier alpha value is -4.67. The summed E-state index contributed by atoms with van der Waals surface area (Å²) in [6, 6.07) is -2.48. The molecule has 5 heterocycles. The Kier molecular flexibility index (Phi) is 10.6. The third kappa shape index (κ3) is 7.24. The number of hydrogen-bond donors (Lipinski definition) is 4. The molecule has 0 radical (unpaired) electrons. The first-order chi connectivity index (χ1) is 22.9. The van der Waals surface area contributed by atoms with E-state index in [0.29, 0.717) is 42.5 Å². The second-order valence-electron chi connectivity index (χ2n) is 12.7. The van der Waals surface area contributed by atoms with Crippen molar-refractivity contribution in [1.29, 1.82) is 0 Å². The van der Waals surface area contributed by atoms with Crippen LogP contribution in [0.1, 0.15) is 65.2 Å². The second-order valence-corrected chi connectivity index (χ2v) is 13.7. The summed E-state index contributed by atoms with van der Waals surface area (Å²) in [4.78, 5) is 81.2. The third-order valence-electron chi connectivity index (χ3n) is 8.74. The molecular formula is C31H43N9O7S. The molecule has 0 unspecified atom stereocenters. The highest BCUT2D eigenvalue weighted by Gasteiger charge is 2.40. The summed E-state index contributed by atoms with van der Waals surface area (Å²) < 4.78 is 11.2. The molecule has 2 fully saturated rings. The van der Waals surface area contributed by atoms with Gasteiger partial charge in [-0.3, -0.25) is 18.8 Å². The number of alkyl carbamates (subject to hydrolysis) is 2. The summed E-state index contributed by atoms with van der Waals surface area (Å²) in [6.07, 6.45) is 6.67. The van der Waals surface area contributed by atoms with Gasteiger partial charge >= 0.3 is 12.2 Å². The number of likely N-dealkylation sites (tertiary alicyclic amines) is 2. The predicted octanol–water partition coefficient (Wildman–Crippen LogP) is 3.14. The monoisotopic (exact) mass is 685 g/mol. The van der Waals surface area contributed by atoms with Crippen molar-refractivity contribution in [2.45, 2.75) is 77.5 Å².